The number of rotatable bonds is 3. The van der Waals surface area contributed by atoms with Crippen molar-refractivity contribution < 1.29 is 4.74 Å². The molecule has 0 aromatic rings. The predicted octanol–water partition coefficient (Wildman–Crippen LogP) is 3.00. The van der Waals surface area contributed by atoms with Crippen LogP contribution >= 0.6 is 0 Å². The molecule has 2 nitrogen and oxygen atoms in total. The quantitative estimate of drug-likeness (QED) is 0.645. The molecule has 0 bridgehead atoms. The molecule has 0 aliphatic carbocycles. The van der Waals surface area contributed by atoms with Gasteiger partial charge >= 0.3 is 0 Å². The van der Waals surface area contributed by atoms with Crippen LogP contribution in [0, 0.1) is 5.92 Å². The van der Waals surface area contributed by atoms with Gasteiger partial charge in [0, 0.05) is 17.8 Å². The second kappa shape index (κ2) is 4.24. The van der Waals surface area contributed by atoms with E-state index in [9.17, 15) is 0 Å². The van der Waals surface area contributed by atoms with Crippen LogP contribution in [-0.2, 0) is 4.74 Å². The van der Waals surface area contributed by atoms with E-state index in [1.54, 1.807) is 7.11 Å². The Hall–Kier alpha value is -0.660. The van der Waals surface area contributed by atoms with Gasteiger partial charge in [-0.3, -0.25) is 0 Å². The number of hydrogen-bond donors (Lipinski definition) is 0. The average Bonchev–Trinajstić information content (AvgIpc) is 2.53. The van der Waals surface area contributed by atoms with Gasteiger partial charge in [0.05, 0.1) is 7.11 Å². The van der Waals surface area contributed by atoms with Crippen molar-refractivity contribution in [3.05, 3.63) is 12.0 Å². The Morgan fingerprint density at radius 3 is 2.57 bits per heavy atom. The van der Waals surface area contributed by atoms with E-state index in [0.29, 0.717) is 5.92 Å². The molecule has 0 aromatic carbocycles. The Balaban J connectivity index is 2.81. The topological polar surface area (TPSA) is 12.5 Å². The molecule has 1 rings (SSSR count). The predicted molar refractivity (Wildman–Crippen MR) is 59.9 cm³/mol. The van der Waals surface area contributed by atoms with Crippen LogP contribution in [0.3, 0.4) is 0 Å². The van der Waals surface area contributed by atoms with E-state index in [1.807, 2.05) is 6.26 Å². The second-order valence-corrected chi connectivity index (χ2v) is 4.91. The highest BCUT2D eigenvalue weighted by Crippen LogP contribution is 2.33. The summed E-state index contributed by atoms with van der Waals surface area (Å²) in [7, 11) is 1.73. The zero-order chi connectivity index (χ0) is 10.8. The molecule has 0 N–H and O–H groups in total. The third-order valence-corrected chi connectivity index (χ3v) is 3.52. The molecule has 0 aromatic heterocycles. The summed E-state index contributed by atoms with van der Waals surface area (Å²) >= 11 is 0. The summed E-state index contributed by atoms with van der Waals surface area (Å²) in [5, 5.41) is 0. The van der Waals surface area contributed by atoms with Crippen LogP contribution in [0.1, 0.15) is 40.5 Å². The van der Waals surface area contributed by atoms with E-state index in [0.717, 1.165) is 6.42 Å². The van der Waals surface area contributed by atoms with Crippen molar-refractivity contribution in [1.29, 1.82) is 0 Å². The molecule has 0 atom stereocenters. The largest absolute Gasteiger partial charge is 0.503 e. The lowest BCUT2D eigenvalue weighted by Crippen LogP contribution is -2.45. The molecule has 14 heavy (non-hydrogen) atoms. The highest BCUT2D eigenvalue weighted by molar-refractivity contribution is 5.08. The molecular formula is C12H23NO. The van der Waals surface area contributed by atoms with E-state index in [-0.39, 0.29) is 5.54 Å². The molecule has 0 amide bonds. The van der Waals surface area contributed by atoms with Crippen molar-refractivity contribution in [2.45, 2.75) is 46.1 Å². The Morgan fingerprint density at radius 1 is 1.43 bits per heavy atom. The monoisotopic (exact) mass is 197 g/mol. The van der Waals surface area contributed by atoms with Crippen molar-refractivity contribution in [1.82, 2.24) is 4.90 Å². The maximum absolute atomic E-state index is 5.13. The third kappa shape index (κ3) is 2.05. The SMILES string of the molecule is CO/C=C1\CCCN1C(C)(C)C(C)C. The van der Waals surface area contributed by atoms with Crippen molar-refractivity contribution >= 4 is 0 Å². The zero-order valence-electron chi connectivity index (χ0n) is 10.1. The minimum absolute atomic E-state index is 0.237. The van der Waals surface area contributed by atoms with Crippen LogP contribution in [0.2, 0.25) is 0 Å². The molecule has 0 radical (unpaired) electrons. The van der Waals surface area contributed by atoms with Gasteiger partial charge in [-0.2, -0.15) is 0 Å². The first-order valence-corrected chi connectivity index (χ1v) is 5.49. The molecule has 0 saturated carbocycles. The van der Waals surface area contributed by atoms with Crippen LogP contribution in [0.5, 0.6) is 0 Å². The summed E-state index contributed by atoms with van der Waals surface area (Å²) in [6.07, 6.45) is 4.31. The molecule has 0 unspecified atom stereocenters. The van der Waals surface area contributed by atoms with E-state index in [2.05, 4.69) is 32.6 Å². The molecule has 0 spiro atoms. The fourth-order valence-electron chi connectivity index (χ4n) is 1.93. The minimum Gasteiger partial charge on any atom is -0.503 e. The first-order valence-electron chi connectivity index (χ1n) is 5.49. The summed E-state index contributed by atoms with van der Waals surface area (Å²) in [5.41, 5.74) is 1.59. The van der Waals surface area contributed by atoms with Crippen LogP contribution in [0.25, 0.3) is 0 Å². The van der Waals surface area contributed by atoms with Gasteiger partial charge in [-0.05, 0) is 32.6 Å². The Labute approximate surface area is 87.9 Å². The fraction of sp³-hybridized carbons (Fsp3) is 0.833. The lowest BCUT2D eigenvalue weighted by Gasteiger charge is -2.41. The molecule has 1 aliphatic heterocycles. The number of ether oxygens (including phenoxy) is 1. The average molecular weight is 197 g/mol. The summed E-state index contributed by atoms with van der Waals surface area (Å²) in [5.74, 6) is 0.654. The van der Waals surface area contributed by atoms with Gasteiger partial charge in [-0.25, -0.2) is 0 Å². The summed E-state index contributed by atoms with van der Waals surface area (Å²) in [6.45, 7) is 10.4. The van der Waals surface area contributed by atoms with E-state index in [4.69, 9.17) is 4.74 Å². The Bertz CT molecular complexity index is 218. The standard InChI is InChI=1S/C12H23NO/c1-10(2)12(3,4)13-8-6-7-11(13)9-14-5/h9-10H,6-8H2,1-5H3/b11-9+. The van der Waals surface area contributed by atoms with Crippen LogP contribution in [0.15, 0.2) is 12.0 Å². The van der Waals surface area contributed by atoms with Crippen LogP contribution in [0.4, 0.5) is 0 Å². The third-order valence-electron chi connectivity index (χ3n) is 3.52. The molecule has 1 saturated heterocycles. The van der Waals surface area contributed by atoms with E-state index >= 15 is 0 Å². The lowest BCUT2D eigenvalue weighted by atomic mass is 9.89. The maximum atomic E-state index is 5.13. The molecule has 1 heterocycles. The molecule has 1 fully saturated rings. The maximum Gasteiger partial charge on any atom is 0.102 e. The smallest absolute Gasteiger partial charge is 0.102 e. The number of likely N-dealkylation sites (tertiary alicyclic amines) is 1. The van der Waals surface area contributed by atoms with Gasteiger partial charge in [-0.1, -0.05) is 13.8 Å². The number of methoxy groups -OCH3 is 1. The molecular weight excluding hydrogens is 174 g/mol. The first kappa shape index (κ1) is 11.4. The van der Waals surface area contributed by atoms with Gasteiger partial charge in [0.15, 0.2) is 0 Å². The highest BCUT2D eigenvalue weighted by Gasteiger charge is 2.34. The van der Waals surface area contributed by atoms with Crippen molar-refractivity contribution in [3.8, 4) is 0 Å². The second-order valence-electron chi connectivity index (χ2n) is 4.91. The molecule has 1 aliphatic rings. The first-order chi connectivity index (χ1) is 6.50. The Kier molecular flexibility index (Phi) is 3.46. The number of allylic oxidation sites excluding steroid dienone is 1. The lowest BCUT2D eigenvalue weighted by molar-refractivity contribution is 0.127. The number of hydrogen-bond acceptors (Lipinski definition) is 2. The van der Waals surface area contributed by atoms with Crippen LogP contribution < -0.4 is 0 Å². The molecule has 82 valence electrons. The van der Waals surface area contributed by atoms with Crippen molar-refractivity contribution in [2.75, 3.05) is 13.7 Å². The van der Waals surface area contributed by atoms with E-state index < -0.39 is 0 Å². The Morgan fingerprint density at radius 2 is 2.07 bits per heavy atom. The van der Waals surface area contributed by atoms with Gasteiger partial charge in [0.25, 0.3) is 0 Å². The summed E-state index contributed by atoms with van der Waals surface area (Å²) < 4.78 is 5.13. The van der Waals surface area contributed by atoms with Gasteiger partial charge in [-0.15, -0.1) is 0 Å². The number of nitrogens with zero attached hydrogens (tertiary/aromatic N) is 1. The molecule has 2 heteroatoms. The van der Waals surface area contributed by atoms with Crippen LogP contribution in [-0.4, -0.2) is 24.1 Å². The van der Waals surface area contributed by atoms with Gasteiger partial charge in [0.1, 0.15) is 6.26 Å². The normalized spacial score (nSPS) is 21.0. The summed E-state index contributed by atoms with van der Waals surface area (Å²) in [6, 6.07) is 0. The van der Waals surface area contributed by atoms with Crippen molar-refractivity contribution in [3.63, 3.8) is 0 Å². The minimum atomic E-state index is 0.237. The summed E-state index contributed by atoms with van der Waals surface area (Å²) in [4.78, 5) is 2.49. The van der Waals surface area contributed by atoms with E-state index in [1.165, 1.54) is 18.7 Å². The fourth-order valence-corrected chi connectivity index (χ4v) is 1.93. The zero-order valence-corrected chi connectivity index (χ0v) is 10.1. The van der Waals surface area contributed by atoms with Crippen molar-refractivity contribution in [2.24, 2.45) is 5.92 Å². The van der Waals surface area contributed by atoms with Gasteiger partial charge in [0.2, 0.25) is 0 Å². The highest BCUT2D eigenvalue weighted by atomic mass is 16.5. The van der Waals surface area contributed by atoms with Gasteiger partial charge < -0.3 is 9.64 Å².